The van der Waals surface area contributed by atoms with Crippen LogP contribution in [0.1, 0.15) is 27.7 Å². The fourth-order valence-electron chi connectivity index (χ4n) is 14.0. The van der Waals surface area contributed by atoms with Crippen LogP contribution in [0.2, 0.25) is 0 Å². The van der Waals surface area contributed by atoms with Gasteiger partial charge >= 0.3 is 0 Å². The minimum absolute atomic E-state index is 0.880. The first kappa shape index (κ1) is 88.7. The molecule has 108 heavy (non-hydrogen) atoms. The molecule has 1 unspecified atom stereocenters. The maximum absolute atomic E-state index is 13.4. The molecule has 48 heteroatoms. The molecular formula is C60H101N3O45. The first-order valence-corrected chi connectivity index (χ1v) is 34.5. The van der Waals surface area contributed by atoms with Crippen molar-refractivity contribution in [3.63, 3.8) is 0 Å². The van der Waals surface area contributed by atoms with Gasteiger partial charge in [0, 0.05) is 20.8 Å². The van der Waals surface area contributed by atoms with E-state index in [2.05, 4.69) is 16.0 Å². The first-order chi connectivity index (χ1) is 51.1. The van der Waals surface area contributed by atoms with E-state index >= 15 is 0 Å². The minimum atomic E-state index is -2.44. The molecule has 45 atom stereocenters. The van der Waals surface area contributed by atoms with E-state index in [1.54, 1.807) is 0 Å². The van der Waals surface area contributed by atoms with Gasteiger partial charge in [-0.25, -0.2) is 0 Å². The van der Waals surface area contributed by atoms with Crippen molar-refractivity contribution in [1.29, 1.82) is 0 Å². The second kappa shape index (κ2) is 38.5. The molecule has 0 saturated carbocycles. The largest absolute Gasteiger partial charge is 0.394 e. The molecule has 9 rings (SSSR count). The van der Waals surface area contributed by atoms with E-state index in [-0.39, 0.29) is 0 Å². The average Bonchev–Trinajstić information content (AvgIpc) is 0.758. The van der Waals surface area contributed by atoms with Crippen LogP contribution in [-0.2, 0) is 94.9 Å². The third-order valence-corrected chi connectivity index (χ3v) is 19.9. The summed E-state index contributed by atoms with van der Waals surface area (Å²) in [4.78, 5) is 39.1. The van der Waals surface area contributed by atoms with Gasteiger partial charge < -0.3 is 224 Å². The number of nitrogens with one attached hydrogen (secondary N) is 3. The molecule has 48 nitrogen and oxygen atoms in total. The van der Waals surface area contributed by atoms with Crippen LogP contribution in [0.5, 0.6) is 0 Å². The number of hydrogen-bond donors (Lipinski definition) is 28. The molecule has 0 bridgehead atoms. The summed E-state index contributed by atoms with van der Waals surface area (Å²) in [6, 6.07) is -5.70. The maximum Gasteiger partial charge on any atom is 0.217 e. The van der Waals surface area contributed by atoms with E-state index in [9.17, 15) is 142 Å². The summed E-state index contributed by atoms with van der Waals surface area (Å²) >= 11 is 0. The average molecular weight is 1580 g/mol. The van der Waals surface area contributed by atoms with Crippen LogP contribution in [0.25, 0.3) is 0 Å². The van der Waals surface area contributed by atoms with Gasteiger partial charge in [0.1, 0.15) is 213 Å². The van der Waals surface area contributed by atoms with Gasteiger partial charge in [-0.3, -0.25) is 14.4 Å². The highest BCUT2D eigenvalue weighted by molar-refractivity contribution is 5.74. The monoisotopic (exact) mass is 1580 g/mol. The Hall–Kier alpha value is -3.27. The zero-order chi connectivity index (χ0) is 79.5. The molecule has 9 aliphatic rings. The number of rotatable bonds is 27. The van der Waals surface area contributed by atoms with Crippen LogP contribution < -0.4 is 16.0 Å². The predicted molar refractivity (Wildman–Crippen MR) is 330 cm³/mol. The highest BCUT2D eigenvalue weighted by atomic mass is 16.8. The van der Waals surface area contributed by atoms with Crippen LogP contribution in [-0.4, -0.2) is 474 Å². The molecule has 9 heterocycles. The van der Waals surface area contributed by atoms with Crippen LogP contribution >= 0.6 is 0 Å². The topological polar surface area (TPSA) is 750 Å². The molecule has 28 N–H and O–H groups in total. The van der Waals surface area contributed by atoms with E-state index in [1.807, 2.05) is 0 Å². The van der Waals surface area contributed by atoms with Gasteiger partial charge in [0.05, 0.1) is 59.0 Å². The summed E-state index contributed by atoms with van der Waals surface area (Å²) in [6.07, 6.45) is -84.7. The molecule has 9 fully saturated rings. The van der Waals surface area contributed by atoms with Gasteiger partial charge in [-0.2, -0.15) is 0 Å². The SMILES string of the molecule is CC(=O)N[C@H]1[C@H](O[C@H]2[C@@H](O)[C@@H](CO)O[C@@H](O[C@H]3[C@H](O)[C@@H](NC(C)=O)[C@H](OC[C@H]4O[C@@H](O[C@H]5[C@H](O)[C@@H](O)C(O)O[C@@H]5CO)[C@H](O)[C@@H](O[C@@H]5O[C@H](CO)[C@@H](O[C@@H]6O[C@H](CO)[C@H](O)[C@H](O)[C@H]6O)[C@H](O[C@@H]6O[C@@H](C)[C@@H](O)[C@@H](O)[C@@H]6O)[C@H]5NC(C)=O)[C@H]4O)O[C@@H]3CO)[C@@H]2O)O[C@H](CO)[C@@H](O[C@@H]2O[C@H](CO)[C@H](O)[C@H](O)[C@H]2O)[C@@H]1O. The minimum Gasteiger partial charge on any atom is -0.394 e. The summed E-state index contributed by atoms with van der Waals surface area (Å²) in [7, 11) is 0. The molecule has 9 saturated heterocycles. The fraction of sp³-hybridized carbons (Fsp3) is 0.950. The zero-order valence-electron chi connectivity index (χ0n) is 58.0. The van der Waals surface area contributed by atoms with Crippen molar-refractivity contribution in [2.75, 3.05) is 52.9 Å². The maximum atomic E-state index is 13.4. The number of aliphatic hydroxyl groups excluding tert-OH is 25. The van der Waals surface area contributed by atoms with E-state index in [0.29, 0.717) is 0 Å². The van der Waals surface area contributed by atoms with Gasteiger partial charge in [-0.05, 0) is 6.92 Å². The van der Waals surface area contributed by atoms with E-state index in [4.69, 9.17) is 80.5 Å². The summed E-state index contributed by atoms with van der Waals surface area (Å²) in [5.41, 5.74) is 0. The Morgan fingerprint density at radius 2 is 0.556 bits per heavy atom. The highest BCUT2D eigenvalue weighted by Crippen LogP contribution is 2.40. The Bertz CT molecular complexity index is 2820. The van der Waals surface area contributed by atoms with Crippen molar-refractivity contribution in [2.45, 2.75) is 304 Å². The molecule has 3 amide bonds. The molecule has 0 spiro atoms. The van der Waals surface area contributed by atoms with Crippen LogP contribution in [0.3, 0.4) is 0 Å². The number of hydrogen-bond acceptors (Lipinski definition) is 45. The second-order valence-corrected chi connectivity index (χ2v) is 27.4. The van der Waals surface area contributed by atoms with Gasteiger partial charge in [0.25, 0.3) is 0 Å². The van der Waals surface area contributed by atoms with E-state index in [0.717, 1.165) is 20.8 Å². The van der Waals surface area contributed by atoms with Crippen molar-refractivity contribution in [3.05, 3.63) is 0 Å². The lowest BCUT2D eigenvalue weighted by Gasteiger charge is -2.52. The Morgan fingerprint density at radius 1 is 0.259 bits per heavy atom. The molecule has 0 aromatic rings. The Kier molecular flexibility index (Phi) is 31.6. The third-order valence-electron chi connectivity index (χ3n) is 19.9. The lowest BCUT2D eigenvalue weighted by Crippen LogP contribution is -2.71. The summed E-state index contributed by atoms with van der Waals surface area (Å²) in [6.45, 7) is -4.44. The zero-order valence-corrected chi connectivity index (χ0v) is 58.0. The quantitative estimate of drug-likeness (QED) is 0.0363. The molecule has 0 aromatic carbocycles. The summed E-state index contributed by atoms with van der Waals surface area (Å²) in [5, 5.41) is 281. The summed E-state index contributed by atoms with van der Waals surface area (Å²) < 4.78 is 100. The highest BCUT2D eigenvalue weighted by Gasteiger charge is 2.61. The lowest BCUT2D eigenvalue weighted by molar-refractivity contribution is -0.393. The lowest BCUT2D eigenvalue weighted by atomic mass is 9.93. The molecule has 0 radical (unpaired) electrons. The standard InChI is InChI=1S/C60H101N3O45/c1-13-28(74)35(81)40(86)56(93-13)106-49-27(63-16(4)73)55(100-23(11-70)48(49)105-58-42(88)37(83)30(76)18(6-65)96-58)108-51-32(78)24(101-60(44(51)90)104-47-20(8-67)94-52(91)39(85)38(47)84)12-92-53-25(61-14(2)71)33(79)45(21(9-68)98-53)103-59-43(89)50(31(77)19(7-66)97-59)107-54-26(62-15(3)72)34(80)46(22(10-69)99-54)102-57-41(87)36(82)29(75)17(5-64)95-57/h13,17-60,64-70,74-91H,5-12H2,1-4H3,(H,61,71)(H,62,72)(H,63,73)/t13-,17+,18+,19+,20+,21+,22+,23+,24+,25+,26+,27+,28+,29-,30-,31-,32-,33+,34+,35+,36-,37-,38+,39+,40-,41+,42+,43+,44+,45+,46+,47+,48+,49+,50-,51-,52?,53+,54-,55-,56-,57-,58-,59-,60-/m0/s1. The van der Waals surface area contributed by atoms with Crippen molar-refractivity contribution in [2.24, 2.45) is 0 Å². The van der Waals surface area contributed by atoms with E-state index < -0.39 is 347 Å². The van der Waals surface area contributed by atoms with Gasteiger partial charge in [0.15, 0.2) is 56.6 Å². The van der Waals surface area contributed by atoms with Gasteiger partial charge in [-0.1, -0.05) is 0 Å². The predicted octanol–water partition coefficient (Wildman–Crippen LogP) is -19.2. The van der Waals surface area contributed by atoms with Crippen LogP contribution in [0, 0.1) is 0 Å². The number of aliphatic hydroxyl groups is 25. The number of amides is 3. The smallest absolute Gasteiger partial charge is 0.217 e. The summed E-state index contributed by atoms with van der Waals surface area (Å²) in [5.74, 6) is -2.80. The number of ether oxygens (including phenoxy) is 17. The molecular weight excluding hydrogens is 1480 g/mol. The van der Waals surface area contributed by atoms with Gasteiger partial charge in [0.2, 0.25) is 17.7 Å². The van der Waals surface area contributed by atoms with Crippen molar-refractivity contribution < 1.29 is 223 Å². The van der Waals surface area contributed by atoms with Crippen molar-refractivity contribution in [1.82, 2.24) is 16.0 Å². The first-order valence-electron chi connectivity index (χ1n) is 34.5. The third kappa shape index (κ3) is 19.1. The van der Waals surface area contributed by atoms with E-state index in [1.165, 1.54) is 6.92 Å². The molecule has 9 aliphatic heterocycles. The molecule has 0 aromatic heterocycles. The molecule has 0 aliphatic carbocycles. The van der Waals surface area contributed by atoms with Crippen LogP contribution in [0.15, 0.2) is 0 Å². The normalized spacial score (nSPS) is 50.4. The van der Waals surface area contributed by atoms with Crippen LogP contribution in [0.4, 0.5) is 0 Å². The van der Waals surface area contributed by atoms with Crippen molar-refractivity contribution >= 4 is 17.7 Å². The Balaban J connectivity index is 0.984. The van der Waals surface area contributed by atoms with Gasteiger partial charge in [-0.15, -0.1) is 0 Å². The fourth-order valence-corrected chi connectivity index (χ4v) is 14.0. The Morgan fingerprint density at radius 3 is 0.991 bits per heavy atom. The van der Waals surface area contributed by atoms with Crippen molar-refractivity contribution in [3.8, 4) is 0 Å². The Labute approximate surface area is 611 Å². The molecule has 626 valence electrons. The second-order valence-electron chi connectivity index (χ2n) is 27.4. The number of carbonyl (C=O) groups is 3. The number of carbonyl (C=O) groups excluding carboxylic acids is 3.